The Kier molecular flexibility index (Phi) is 1.89. The van der Waals surface area contributed by atoms with E-state index in [2.05, 4.69) is 4.90 Å². The molecule has 3 nitrogen and oxygen atoms in total. The van der Waals surface area contributed by atoms with Crippen LogP contribution in [0.25, 0.3) is 0 Å². The first-order valence-corrected chi connectivity index (χ1v) is 5.60. The van der Waals surface area contributed by atoms with Gasteiger partial charge in [-0.15, -0.1) is 0 Å². The third-order valence-corrected chi connectivity index (χ3v) is 3.68. The van der Waals surface area contributed by atoms with Gasteiger partial charge in [-0.3, -0.25) is 0 Å². The highest BCUT2D eigenvalue weighted by molar-refractivity contribution is 5.59. The molecule has 0 amide bonds. The van der Waals surface area contributed by atoms with E-state index in [9.17, 15) is 5.11 Å². The van der Waals surface area contributed by atoms with Crippen molar-refractivity contribution in [2.24, 2.45) is 5.73 Å². The predicted octanol–water partition coefficient (Wildman–Crippen LogP) is 1.24. The van der Waals surface area contributed by atoms with Gasteiger partial charge in [0.1, 0.15) is 5.75 Å². The van der Waals surface area contributed by atoms with Crippen molar-refractivity contribution in [3.8, 4) is 5.75 Å². The van der Waals surface area contributed by atoms with Gasteiger partial charge in [-0.05, 0) is 43.0 Å². The van der Waals surface area contributed by atoms with Crippen LogP contribution in [0, 0.1) is 0 Å². The van der Waals surface area contributed by atoms with E-state index in [0.717, 1.165) is 25.8 Å². The van der Waals surface area contributed by atoms with E-state index in [0.29, 0.717) is 17.8 Å². The van der Waals surface area contributed by atoms with Gasteiger partial charge in [-0.1, -0.05) is 0 Å². The Morgan fingerprint density at radius 3 is 3.07 bits per heavy atom. The molecule has 1 aromatic rings. The molecule has 80 valence electrons. The van der Waals surface area contributed by atoms with Gasteiger partial charge in [0, 0.05) is 24.3 Å². The van der Waals surface area contributed by atoms with Crippen LogP contribution in [0.4, 0.5) is 5.69 Å². The number of nitrogens with two attached hydrogens (primary N) is 1. The van der Waals surface area contributed by atoms with Crippen molar-refractivity contribution >= 4 is 5.69 Å². The molecule has 1 saturated heterocycles. The Morgan fingerprint density at radius 2 is 2.20 bits per heavy atom. The van der Waals surface area contributed by atoms with E-state index < -0.39 is 0 Å². The van der Waals surface area contributed by atoms with E-state index in [1.807, 2.05) is 12.1 Å². The van der Waals surface area contributed by atoms with Crippen molar-refractivity contribution in [3.05, 3.63) is 23.8 Å². The number of anilines is 1. The quantitative estimate of drug-likeness (QED) is 0.668. The molecular weight excluding hydrogens is 188 g/mol. The van der Waals surface area contributed by atoms with Crippen LogP contribution < -0.4 is 10.6 Å². The monoisotopic (exact) mass is 204 g/mol. The van der Waals surface area contributed by atoms with Crippen LogP contribution in [0.2, 0.25) is 0 Å². The fraction of sp³-hybridized carbons (Fsp3) is 0.500. The van der Waals surface area contributed by atoms with Crippen molar-refractivity contribution in [1.29, 1.82) is 0 Å². The van der Waals surface area contributed by atoms with Crippen LogP contribution in [0.5, 0.6) is 5.75 Å². The number of phenols is 1. The Labute approximate surface area is 89.5 Å². The fourth-order valence-corrected chi connectivity index (χ4v) is 2.90. The van der Waals surface area contributed by atoms with Crippen molar-refractivity contribution in [2.45, 2.75) is 31.3 Å². The maximum Gasteiger partial charge on any atom is 0.116 e. The molecule has 0 spiro atoms. The van der Waals surface area contributed by atoms with Gasteiger partial charge in [0.25, 0.3) is 0 Å². The lowest BCUT2D eigenvalue weighted by Crippen LogP contribution is -2.42. The number of fused-ring (bicyclic) bond motifs is 3. The maximum absolute atomic E-state index is 9.44. The number of nitrogens with zero attached hydrogens (tertiary/aromatic N) is 1. The van der Waals surface area contributed by atoms with Crippen LogP contribution in [0.15, 0.2) is 18.2 Å². The second-order valence-corrected chi connectivity index (χ2v) is 4.56. The topological polar surface area (TPSA) is 49.5 Å². The molecule has 2 unspecified atom stereocenters. The van der Waals surface area contributed by atoms with Crippen LogP contribution in [-0.2, 0) is 6.42 Å². The van der Waals surface area contributed by atoms with Crippen LogP contribution in [-0.4, -0.2) is 23.7 Å². The maximum atomic E-state index is 9.44. The largest absolute Gasteiger partial charge is 0.508 e. The molecule has 1 fully saturated rings. The molecule has 0 radical (unpaired) electrons. The van der Waals surface area contributed by atoms with E-state index in [-0.39, 0.29) is 0 Å². The summed E-state index contributed by atoms with van der Waals surface area (Å²) in [6, 6.07) is 6.52. The highest BCUT2D eigenvalue weighted by atomic mass is 16.3. The second-order valence-electron chi connectivity index (χ2n) is 4.56. The van der Waals surface area contributed by atoms with Gasteiger partial charge in [0.15, 0.2) is 0 Å². The smallest absolute Gasteiger partial charge is 0.116 e. The highest BCUT2D eigenvalue weighted by Gasteiger charge is 2.35. The van der Waals surface area contributed by atoms with Gasteiger partial charge in [0.05, 0.1) is 0 Å². The minimum atomic E-state index is 0.326. The first-order chi connectivity index (χ1) is 7.25. The minimum absolute atomic E-state index is 0.326. The summed E-state index contributed by atoms with van der Waals surface area (Å²) in [5.41, 5.74) is 8.62. The second kappa shape index (κ2) is 3.14. The molecule has 0 saturated carbocycles. The molecule has 0 aliphatic carbocycles. The fourth-order valence-electron chi connectivity index (χ4n) is 2.90. The summed E-state index contributed by atoms with van der Waals surface area (Å²) in [5.74, 6) is 0.371. The molecule has 15 heavy (non-hydrogen) atoms. The Hall–Kier alpha value is -1.22. The number of hydrogen-bond acceptors (Lipinski definition) is 3. The van der Waals surface area contributed by atoms with Crippen molar-refractivity contribution in [2.75, 3.05) is 11.4 Å². The predicted molar refractivity (Wildman–Crippen MR) is 60.2 cm³/mol. The summed E-state index contributed by atoms with van der Waals surface area (Å²) in [4.78, 5) is 2.41. The molecule has 1 aromatic carbocycles. The summed E-state index contributed by atoms with van der Waals surface area (Å²) in [5, 5.41) is 9.44. The average Bonchev–Trinajstić information content (AvgIpc) is 2.60. The number of benzene rings is 1. The standard InChI is InChI=1S/C12H16N2O/c13-10-5-6-14-11-4-2-9(15)7-8(11)1-3-12(10)14/h2,4,7,10,12,15H,1,3,5-6,13H2. The third-order valence-electron chi connectivity index (χ3n) is 3.68. The molecule has 3 heteroatoms. The zero-order chi connectivity index (χ0) is 10.4. The number of phenolic OH excluding ortho intramolecular Hbond substituents is 1. The number of rotatable bonds is 0. The lowest BCUT2D eigenvalue weighted by molar-refractivity contribution is 0.472. The van der Waals surface area contributed by atoms with Gasteiger partial charge in [-0.25, -0.2) is 0 Å². The molecule has 2 atom stereocenters. The number of aromatic hydroxyl groups is 1. The summed E-state index contributed by atoms with van der Waals surface area (Å²) < 4.78 is 0. The molecule has 2 aliphatic heterocycles. The van der Waals surface area contributed by atoms with Gasteiger partial charge >= 0.3 is 0 Å². The zero-order valence-corrected chi connectivity index (χ0v) is 8.69. The first-order valence-electron chi connectivity index (χ1n) is 5.60. The average molecular weight is 204 g/mol. The van der Waals surface area contributed by atoms with Crippen LogP contribution >= 0.6 is 0 Å². The van der Waals surface area contributed by atoms with Crippen molar-refractivity contribution in [1.82, 2.24) is 0 Å². The highest BCUT2D eigenvalue weighted by Crippen LogP contribution is 2.37. The van der Waals surface area contributed by atoms with E-state index in [1.54, 1.807) is 6.07 Å². The molecule has 2 aliphatic rings. The number of hydrogen-bond donors (Lipinski definition) is 2. The van der Waals surface area contributed by atoms with Crippen molar-refractivity contribution in [3.63, 3.8) is 0 Å². The summed E-state index contributed by atoms with van der Waals surface area (Å²) in [7, 11) is 0. The van der Waals surface area contributed by atoms with E-state index in [1.165, 1.54) is 11.3 Å². The minimum Gasteiger partial charge on any atom is -0.508 e. The molecule has 3 N–H and O–H groups in total. The first kappa shape index (κ1) is 9.04. The van der Waals surface area contributed by atoms with Gasteiger partial charge in [-0.2, -0.15) is 0 Å². The summed E-state index contributed by atoms with van der Waals surface area (Å²) in [6.07, 6.45) is 3.25. The van der Waals surface area contributed by atoms with Gasteiger partial charge < -0.3 is 15.7 Å². The molecular formula is C12H16N2O. The summed E-state index contributed by atoms with van der Waals surface area (Å²) >= 11 is 0. The SMILES string of the molecule is NC1CCN2c3ccc(O)cc3CCC12. The Bertz CT molecular complexity index is 391. The molecule has 2 heterocycles. The molecule has 0 aromatic heterocycles. The van der Waals surface area contributed by atoms with Crippen molar-refractivity contribution < 1.29 is 5.11 Å². The zero-order valence-electron chi connectivity index (χ0n) is 8.69. The van der Waals surface area contributed by atoms with E-state index in [4.69, 9.17) is 5.73 Å². The number of aryl methyl sites for hydroxylation is 1. The van der Waals surface area contributed by atoms with Crippen LogP contribution in [0.3, 0.4) is 0 Å². The molecule has 0 bridgehead atoms. The Morgan fingerprint density at radius 1 is 1.33 bits per heavy atom. The van der Waals surface area contributed by atoms with E-state index >= 15 is 0 Å². The van der Waals surface area contributed by atoms with Gasteiger partial charge in [0.2, 0.25) is 0 Å². The normalized spacial score (nSPS) is 28.7. The lowest BCUT2D eigenvalue weighted by Gasteiger charge is -2.35. The summed E-state index contributed by atoms with van der Waals surface area (Å²) in [6.45, 7) is 1.06. The Balaban J connectivity index is 2.02. The molecule has 3 rings (SSSR count). The third kappa shape index (κ3) is 1.30. The van der Waals surface area contributed by atoms with Crippen LogP contribution in [0.1, 0.15) is 18.4 Å². The lowest BCUT2D eigenvalue weighted by atomic mass is 9.94.